The summed E-state index contributed by atoms with van der Waals surface area (Å²) in [7, 11) is 0. The van der Waals surface area contributed by atoms with Crippen molar-refractivity contribution in [3.8, 4) is 5.75 Å². The van der Waals surface area contributed by atoms with Crippen LogP contribution in [-0.2, 0) is 0 Å². The molecule has 2 rings (SSSR count). The fourth-order valence-corrected chi connectivity index (χ4v) is 3.71. The van der Waals surface area contributed by atoms with Crippen molar-refractivity contribution in [3.63, 3.8) is 0 Å². The highest BCUT2D eigenvalue weighted by Crippen LogP contribution is 2.30. The Hall–Kier alpha value is -2.00. The minimum absolute atomic E-state index is 0.0175. The van der Waals surface area contributed by atoms with Crippen LogP contribution in [0.1, 0.15) is 17.3 Å². The molecule has 1 atom stereocenters. The third-order valence-corrected chi connectivity index (χ3v) is 4.88. The average molecular weight is 371 g/mol. The van der Waals surface area contributed by atoms with Gasteiger partial charge >= 0.3 is 6.61 Å². The van der Waals surface area contributed by atoms with Crippen molar-refractivity contribution in [1.82, 2.24) is 10.2 Å². The molecule has 2 aromatic rings. The number of Topliss-reactive ketones (excluding diaryl/α,β-unsaturated/α-hetero) is 1. The van der Waals surface area contributed by atoms with E-state index in [-0.39, 0.29) is 16.8 Å². The zero-order valence-corrected chi connectivity index (χ0v) is 14.4. The second-order valence-electron chi connectivity index (χ2n) is 4.57. The van der Waals surface area contributed by atoms with E-state index in [1.54, 1.807) is 13.0 Å². The summed E-state index contributed by atoms with van der Waals surface area (Å²) in [5.41, 5.74) is 0.422. The van der Waals surface area contributed by atoms with E-state index in [1.165, 1.54) is 47.4 Å². The van der Waals surface area contributed by atoms with Gasteiger partial charge in [0.05, 0.1) is 5.25 Å². The van der Waals surface area contributed by atoms with E-state index < -0.39 is 6.61 Å². The molecule has 1 heterocycles. The molecule has 24 heavy (non-hydrogen) atoms. The van der Waals surface area contributed by atoms with Gasteiger partial charge in [-0.25, -0.2) is 0 Å². The van der Waals surface area contributed by atoms with E-state index in [4.69, 9.17) is 0 Å². The summed E-state index contributed by atoms with van der Waals surface area (Å²) in [5, 5.41) is 11.3. The predicted octanol–water partition coefficient (Wildman–Crippen LogP) is 4.10. The number of aromatic nitrogens is 2. The van der Waals surface area contributed by atoms with Crippen molar-refractivity contribution in [2.45, 2.75) is 23.1 Å². The molecule has 0 aliphatic rings. The maximum Gasteiger partial charge on any atom is 0.387 e. The number of thioether (sulfide) groups is 1. The van der Waals surface area contributed by atoms with Crippen molar-refractivity contribution in [2.75, 3.05) is 11.9 Å². The summed E-state index contributed by atoms with van der Waals surface area (Å²) in [5.74, 6) is -0.108. The SMILES string of the molecule is C=CCNc1nnc(S[C@@H](C)C(=O)c2ccc(OC(F)F)cc2)s1. The lowest BCUT2D eigenvalue weighted by molar-refractivity contribution is -0.0498. The molecular formula is C15H15F2N3O2S2. The number of halogens is 2. The normalized spacial score (nSPS) is 12.0. The van der Waals surface area contributed by atoms with Crippen molar-refractivity contribution in [2.24, 2.45) is 0 Å². The van der Waals surface area contributed by atoms with Gasteiger partial charge in [0.25, 0.3) is 0 Å². The second kappa shape index (κ2) is 8.74. The zero-order valence-electron chi connectivity index (χ0n) is 12.7. The lowest BCUT2D eigenvalue weighted by Crippen LogP contribution is -2.13. The molecule has 0 saturated carbocycles. The molecule has 1 N–H and O–H groups in total. The molecule has 128 valence electrons. The first-order valence-electron chi connectivity index (χ1n) is 6.93. The molecule has 0 bridgehead atoms. The van der Waals surface area contributed by atoms with Gasteiger partial charge in [-0.15, -0.1) is 16.8 Å². The Kier molecular flexibility index (Phi) is 6.68. The third kappa shape index (κ3) is 5.27. The lowest BCUT2D eigenvalue weighted by atomic mass is 10.1. The molecule has 0 unspecified atom stereocenters. The number of nitrogens with one attached hydrogen (secondary N) is 1. The van der Waals surface area contributed by atoms with Crippen LogP contribution in [0, 0.1) is 0 Å². The lowest BCUT2D eigenvalue weighted by Gasteiger charge is -2.09. The third-order valence-electron chi connectivity index (χ3n) is 2.81. The molecule has 0 amide bonds. The van der Waals surface area contributed by atoms with E-state index in [0.29, 0.717) is 21.6 Å². The van der Waals surface area contributed by atoms with E-state index in [9.17, 15) is 13.6 Å². The highest BCUT2D eigenvalue weighted by atomic mass is 32.2. The molecular weight excluding hydrogens is 356 g/mol. The highest BCUT2D eigenvalue weighted by molar-refractivity contribution is 8.02. The van der Waals surface area contributed by atoms with Gasteiger partial charge in [-0.3, -0.25) is 4.79 Å². The van der Waals surface area contributed by atoms with Crippen molar-refractivity contribution in [3.05, 3.63) is 42.5 Å². The fourth-order valence-electron chi connectivity index (χ4n) is 1.73. The van der Waals surface area contributed by atoms with Crippen LogP contribution in [0.15, 0.2) is 41.3 Å². The van der Waals surface area contributed by atoms with Gasteiger partial charge < -0.3 is 10.1 Å². The molecule has 1 aromatic heterocycles. The van der Waals surface area contributed by atoms with E-state index in [1.807, 2.05) is 0 Å². The first-order chi connectivity index (χ1) is 11.5. The van der Waals surface area contributed by atoms with Crippen molar-refractivity contribution >= 4 is 34.0 Å². The van der Waals surface area contributed by atoms with Gasteiger partial charge in [-0.2, -0.15) is 8.78 Å². The standard InChI is InChI=1S/C15H15F2N3O2S2/c1-3-8-18-14-19-20-15(24-14)23-9(2)12(21)10-4-6-11(7-5-10)22-13(16)17/h3-7,9,13H,1,8H2,2H3,(H,18,19)/t9-/m0/s1. The van der Waals surface area contributed by atoms with Gasteiger partial charge in [-0.05, 0) is 31.2 Å². The molecule has 0 saturated heterocycles. The van der Waals surface area contributed by atoms with Gasteiger partial charge in [0.1, 0.15) is 5.75 Å². The van der Waals surface area contributed by atoms with E-state index in [0.717, 1.165) is 0 Å². The topological polar surface area (TPSA) is 64.1 Å². The number of hydrogen-bond donors (Lipinski definition) is 1. The average Bonchev–Trinajstić information content (AvgIpc) is 2.99. The first-order valence-corrected chi connectivity index (χ1v) is 8.63. The van der Waals surface area contributed by atoms with Crippen LogP contribution in [0.4, 0.5) is 13.9 Å². The van der Waals surface area contributed by atoms with Crippen LogP contribution >= 0.6 is 23.1 Å². The van der Waals surface area contributed by atoms with Crippen LogP contribution in [-0.4, -0.2) is 34.4 Å². The number of alkyl halides is 2. The Labute approximate surface area is 146 Å². The number of ether oxygens (including phenoxy) is 1. The summed E-state index contributed by atoms with van der Waals surface area (Å²) >= 11 is 2.64. The van der Waals surface area contributed by atoms with Gasteiger partial charge in [0, 0.05) is 12.1 Å². The number of ketones is 1. The zero-order chi connectivity index (χ0) is 17.5. The van der Waals surface area contributed by atoms with E-state index >= 15 is 0 Å². The smallest absolute Gasteiger partial charge is 0.387 e. The van der Waals surface area contributed by atoms with Crippen molar-refractivity contribution in [1.29, 1.82) is 0 Å². The van der Waals surface area contributed by atoms with Gasteiger partial charge in [0.2, 0.25) is 5.13 Å². The number of carbonyl (C=O) groups excluding carboxylic acids is 1. The van der Waals surface area contributed by atoms with Crippen LogP contribution in [0.25, 0.3) is 0 Å². The summed E-state index contributed by atoms with van der Waals surface area (Å²) in [6, 6.07) is 5.63. The highest BCUT2D eigenvalue weighted by Gasteiger charge is 2.19. The van der Waals surface area contributed by atoms with Crippen LogP contribution in [0.5, 0.6) is 5.75 Å². The Bertz CT molecular complexity index is 692. The molecule has 1 aromatic carbocycles. The van der Waals surface area contributed by atoms with Crippen molar-refractivity contribution < 1.29 is 18.3 Å². The monoisotopic (exact) mass is 371 g/mol. The van der Waals surface area contributed by atoms with Gasteiger partial charge in [0.15, 0.2) is 10.1 Å². The molecule has 9 heteroatoms. The summed E-state index contributed by atoms with van der Waals surface area (Å²) in [6.45, 7) is 3.06. The molecule has 0 aliphatic carbocycles. The van der Waals surface area contributed by atoms with E-state index in [2.05, 4.69) is 26.8 Å². The first kappa shape index (κ1) is 18.3. The summed E-state index contributed by atoms with van der Waals surface area (Å²) in [4.78, 5) is 12.4. The quantitative estimate of drug-likeness (QED) is 0.407. The number of rotatable bonds is 9. The molecule has 0 aliphatic heterocycles. The molecule has 5 nitrogen and oxygen atoms in total. The minimum atomic E-state index is -2.89. The molecule has 0 spiro atoms. The second-order valence-corrected chi connectivity index (χ2v) is 7.14. The Morgan fingerprint density at radius 2 is 2.12 bits per heavy atom. The molecule has 0 radical (unpaired) electrons. The number of carbonyl (C=O) groups is 1. The Morgan fingerprint density at radius 1 is 1.42 bits per heavy atom. The molecule has 0 fully saturated rings. The largest absolute Gasteiger partial charge is 0.435 e. The summed E-state index contributed by atoms with van der Waals surface area (Å²) in [6.07, 6.45) is 1.71. The van der Waals surface area contributed by atoms with Crippen LogP contribution in [0.2, 0.25) is 0 Å². The number of nitrogens with zero attached hydrogens (tertiary/aromatic N) is 2. The Balaban J connectivity index is 1.96. The number of hydrogen-bond acceptors (Lipinski definition) is 7. The fraction of sp³-hybridized carbons (Fsp3) is 0.267. The Morgan fingerprint density at radius 3 is 2.75 bits per heavy atom. The maximum absolute atomic E-state index is 12.4. The van der Waals surface area contributed by atoms with Crippen LogP contribution < -0.4 is 10.1 Å². The van der Waals surface area contributed by atoms with Gasteiger partial charge in [-0.1, -0.05) is 29.2 Å². The summed E-state index contributed by atoms with van der Waals surface area (Å²) < 4.78 is 29.2. The predicted molar refractivity (Wildman–Crippen MR) is 91.3 cm³/mol. The number of benzene rings is 1. The number of anilines is 1. The minimum Gasteiger partial charge on any atom is -0.435 e. The maximum atomic E-state index is 12.4. The van der Waals surface area contributed by atoms with Crippen LogP contribution in [0.3, 0.4) is 0 Å².